The number of amides is 1. The van der Waals surface area contributed by atoms with E-state index < -0.39 is 15.9 Å². The Labute approximate surface area is 130 Å². The Bertz CT molecular complexity index is 695. The minimum absolute atomic E-state index is 0.0982. The van der Waals surface area contributed by atoms with Crippen LogP contribution >= 0.6 is 0 Å². The van der Waals surface area contributed by atoms with E-state index >= 15 is 0 Å². The minimum atomic E-state index is -3.92. The summed E-state index contributed by atoms with van der Waals surface area (Å²) in [6, 6.07) is 5.91. The van der Waals surface area contributed by atoms with E-state index in [1.54, 1.807) is 13.8 Å². The van der Waals surface area contributed by atoms with Crippen LogP contribution in [0.3, 0.4) is 0 Å². The standard InChI is InChI=1S/C14H19N3O4S/c1-4-17(9-10(2)8-15)14(18)12-7-11(22(16,19)20)5-6-13(12)21-3/h5-7,10H,4,9H2,1-3H3,(H2,16,19,20)/t10-/m1/s1. The SMILES string of the molecule is CCN(C[C@H](C)C#N)C(=O)c1cc(S(N)(=O)=O)ccc1OC. The first-order chi connectivity index (χ1) is 10.2. The number of carbonyl (C=O) groups is 1. The van der Waals surface area contributed by atoms with E-state index in [-0.39, 0.29) is 28.7 Å². The van der Waals surface area contributed by atoms with Crippen LogP contribution in [0.1, 0.15) is 24.2 Å². The first kappa shape index (κ1) is 17.9. The number of nitrogens with zero attached hydrogens (tertiary/aromatic N) is 2. The lowest BCUT2D eigenvalue weighted by Gasteiger charge is -2.23. The fraction of sp³-hybridized carbons (Fsp3) is 0.429. The van der Waals surface area contributed by atoms with Gasteiger partial charge in [0.1, 0.15) is 5.75 Å². The van der Waals surface area contributed by atoms with Crippen molar-refractivity contribution in [2.75, 3.05) is 20.2 Å². The first-order valence-electron chi connectivity index (χ1n) is 6.64. The number of ether oxygens (including phenoxy) is 1. The number of primary sulfonamides is 1. The van der Waals surface area contributed by atoms with Crippen molar-refractivity contribution in [3.8, 4) is 11.8 Å². The highest BCUT2D eigenvalue weighted by Gasteiger charge is 2.22. The zero-order valence-electron chi connectivity index (χ0n) is 12.7. The van der Waals surface area contributed by atoms with Crippen LogP contribution < -0.4 is 9.88 Å². The molecule has 0 saturated carbocycles. The first-order valence-corrected chi connectivity index (χ1v) is 8.19. The zero-order valence-corrected chi connectivity index (χ0v) is 13.6. The average molecular weight is 325 g/mol. The van der Waals surface area contributed by atoms with Gasteiger partial charge in [0.25, 0.3) is 5.91 Å². The molecule has 22 heavy (non-hydrogen) atoms. The molecule has 120 valence electrons. The maximum absolute atomic E-state index is 12.6. The van der Waals surface area contributed by atoms with Crippen molar-refractivity contribution in [3.05, 3.63) is 23.8 Å². The van der Waals surface area contributed by atoms with Crippen molar-refractivity contribution in [1.82, 2.24) is 4.90 Å². The molecule has 1 atom stereocenters. The number of nitriles is 1. The summed E-state index contributed by atoms with van der Waals surface area (Å²) in [7, 11) is -2.54. The average Bonchev–Trinajstić information content (AvgIpc) is 2.49. The molecule has 0 spiro atoms. The smallest absolute Gasteiger partial charge is 0.257 e. The van der Waals surface area contributed by atoms with Crippen molar-refractivity contribution in [2.45, 2.75) is 18.7 Å². The second-order valence-corrected chi connectivity index (χ2v) is 6.34. The van der Waals surface area contributed by atoms with Crippen molar-refractivity contribution < 1.29 is 17.9 Å². The molecule has 2 N–H and O–H groups in total. The number of rotatable bonds is 6. The number of methoxy groups -OCH3 is 1. The van der Waals surface area contributed by atoms with Gasteiger partial charge in [-0.15, -0.1) is 0 Å². The van der Waals surface area contributed by atoms with E-state index in [9.17, 15) is 13.2 Å². The molecule has 8 heteroatoms. The number of benzene rings is 1. The molecule has 0 unspecified atom stereocenters. The van der Waals surface area contributed by atoms with Crippen molar-refractivity contribution >= 4 is 15.9 Å². The van der Waals surface area contributed by atoms with Gasteiger partial charge in [-0.1, -0.05) is 0 Å². The highest BCUT2D eigenvalue weighted by molar-refractivity contribution is 7.89. The topological polar surface area (TPSA) is 113 Å². The van der Waals surface area contributed by atoms with Crippen LogP contribution in [0.2, 0.25) is 0 Å². The van der Waals surface area contributed by atoms with Gasteiger partial charge >= 0.3 is 0 Å². The molecule has 1 aromatic carbocycles. The second-order valence-electron chi connectivity index (χ2n) is 4.78. The highest BCUT2D eigenvalue weighted by atomic mass is 32.2. The van der Waals surface area contributed by atoms with Crippen LogP contribution in [-0.2, 0) is 10.0 Å². The quantitative estimate of drug-likeness (QED) is 0.837. The van der Waals surface area contributed by atoms with Gasteiger partial charge < -0.3 is 9.64 Å². The molecule has 0 aliphatic heterocycles. The predicted octanol–water partition coefficient (Wildman–Crippen LogP) is 0.964. The number of hydrogen-bond donors (Lipinski definition) is 1. The third-order valence-corrected chi connectivity index (χ3v) is 4.02. The summed E-state index contributed by atoms with van der Waals surface area (Å²) in [5.74, 6) is -0.497. The molecule has 0 bridgehead atoms. The summed E-state index contributed by atoms with van der Waals surface area (Å²) in [5.41, 5.74) is 0.0982. The van der Waals surface area contributed by atoms with Gasteiger partial charge in [-0.25, -0.2) is 13.6 Å². The van der Waals surface area contributed by atoms with E-state index in [0.717, 1.165) is 0 Å². The Balaban J connectivity index is 3.27. The number of nitrogens with two attached hydrogens (primary N) is 1. The summed E-state index contributed by atoms with van der Waals surface area (Å²) >= 11 is 0. The van der Waals surface area contributed by atoms with E-state index in [4.69, 9.17) is 15.1 Å². The molecule has 1 aromatic rings. The summed E-state index contributed by atoms with van der Waals surface area (Å²) in [5, 5.41) is 14.0. The van der Waals surface area contributed by atoms with Gasteiger partial charge in [0.2, 0.25) is 10.0 Å². The Kier molecular flexibility index (Phi) is 5.91. The Morgan fingerprint density at radius 2 is 2.14 bits per heavy atom. The number of carbonyl (C=O) groups excluding carboxylic acids is 1. The van der Waals surface area contributed by atoms with Gasteiger partial charge in [-0.2, -0.15) is 5.26 Å². The minimum Gasteiger partial charge on any atom is -0.496 e. The van der Waals surface area contributed by atoms with Gasteiger partial charge in [-0.3, -0.25) is 4.79 Å². The molecule has 1 rings (SSSR count). The molecule has 0 heterocycles. The molecule has 0 fully saturated rings. The molecule has 0 aromatic heterocycles. The van der Waals surface area contributed by atoms with E-state index in [0.29, 0.717) is 6.54 Å². The predicted molar refractivity (Wildman–Crippen MR) is 80.7 cm³/mol. The fourth-order valence-corrected chi connectivity index (χ4v) is 2.47. The van der Waals surface area contributed by atoms with Crippen LogP contribution in [0.25, 0.3) is 0 Å². The monoisotopic (exact) mass is 325 g/mol. The summed E-state index contributed by atoms with van der Waals surface area (Å²) in [6.07, 6.45) is 0. The summed E-state index contributed by atoms with van der Waals surface area (Å²) in [4.78, 5) is 13.9. The summed E-state index contributed by atoms with van der Waals surface area (Å²) < 4.78 is 28.0. The van der Waals surface area contributed by atoms with Crippen LogP contribution in [-0.4, -0.2) is 39.4 Å². The van der Waals surface area contributed by atoms with Crippen LogP contribution in [0, 0.1) is 17.2 Å². The van der Waals surface area contributed by atoms with Crippen molar-refractivity contribution in [3.63, 3.8) is 0 Å². The molecule has 0 aliphatic carbocycles. The number of hydrogen-bond acceptors (Lipinski definition) is 5. The fourth-order valence-electron chi connectivity index (χ4n) is 1.93. The molecule has 7 nitrogen and oxygen atoms in total. The molecule has 1 amide bonds. The third kappa shape index (κ3) is 4.19. The van der Waals surface area contributed by atoms with Gasteiger partial charge in [-0.05, 0) is 32.0 Å². The maximum Gasteiger partial charge on any atom is 0.257 e. The van der Waals surface area contributed by atoms with Crippen LogP contribution in [0.5, 0.6) is 5.75 Å². The molecule has 0 aliphatic rings. The Morgan fingerprint density at radius 3 is 2.59 bits per heavy atom. The Hall–Kier alpha value is -2.11. The van der Waals surface area contributed by atoms with Crippen molar-refractivity contribution in [2.24, 2.45) is 11.1 Å². The van der Waals surface area contributed by atoms with E-state index in [1.807, 2.05) is 0 Å². The largest absolute Gasteiger partial charge is 0.496 e. The highest BCUT2D eigenvalue weighted by Crippen LogP contribution is 2.23. The molecule has 0 radical (unpaired) electrons. The third-order valence-electron chi connectivity index (χ3n) is 3.11. The Morgan fingerprint density at radius 1 is 1.50 bits per heavy atom. The zero-order chi connectivity index (χ0) is 16.9. The molecular weight excluding hydrogens is 306 g/mol. The lowest BCUT2D eigenvalue weighted by Crippen LogP contribution is -2.34. The van der Waals surface area contributed by atoms with E-state index in [1.165, 1.54) is 30.2 Å². The van der Waals surface area contributed by atoms with Crippen LogP contribution in [0.4, 0.5) is 0 Å². The van der Waals surface area contributed by atoms with Gasteiger partial charge in [0.15, 0.2) is 0 Å². The van der Waals surface area contributed by atoms with Crippen LogP contribution in [0.15, 0.2) is 23.1 Å². The van der Waals surface area contributed by atoms with Gasteiger partial charge in [0.05, 0.1) is 29.6 Å². The summed E-state index contributed by atoms with van der Waals surface area (Å²) in [6.45, 7) is 4.11. The molecule has 0 saturated heterocycles. The lowest BCUT2D eigenvalue weighted by atomic mass is 10.1. The maximum atomic E-state index is 12.6. The normalized spacial score (nSPS) is 12.3. The molecular formula is C14H19N3O4S. The van der Waals surface area contributed by atoms with Crippen molar-refractivity contribution in [1.29, 1.82) is 5.26 Å². The van der Waals surface area contributed by atoms with E-state index in [2.05, 4.69) is 6.07 Å². The lowest BCUT2D eigenvalue weighted by molar-refractivity contribution is 0.0749. The number of sulfonamides is 1. The van der Waals surface area contributed by atoms with Gasteiger partial charge in [0, 0.05) is 13.1 Å². The second kappa shape index (κ2) is 7.24.